The van der Waals surface area contributed by atoms with Gasteiger partial charge < -0.3 is 27.7 Å². The van der Waals surface area contributed by atoms with Crippen molar-refractivity contribution in [2.75, 3.05) is 39.6 Å². The van der Waals surface area contributed by atoms with Crippen LogP contribution in [-0.2, 0) is 37.1 Å². The molecule has 1 atom stereocenters. The minimum Gasteiger partial charge on any atom is -0.461 e. The molecule has 10 heteroatoms. The Labute approximate surface area is 198 Å². The molecule has 1 unspecified atom stereocenters. The molecule has 0 aromatic rings. The molecular formula is C23H39NO8Si. The van der Waals surface area contributed by atoms with Crippen molar-refractivity contribution in [1.82, 2.24) is 4.90 Å². The molecule has 188 valence electrons. The van der Waals surface area contributed by atoms with Crippen molar-refractivity contribution in [2.24, 2.45) is 0 Å². The van der Waals surface area contributed by atoms with Crippen molar-refractivity contribution < 1.29 is 37.1 Å². The summed E-state index contributed by atoms with van der Waals surface area (Å²) in [6, 6.07) is -0.758. The molecule has 0 aliphatic rings. The van der Waals surface area contributed by atoms with Crippen LogP contribution in [0.25, 0.3) is 0 Å². The van der Waals surface area contributed by atoms with Crippen LogP contribution in [0, 0.1) is 0 Å². The molecule has 0 rings (SSSR count). The highest BCUT2D eigenvalue weighted by molar-refractivity contribution is 6.60. The van der Waals surface area contributed by atoms with E-state index in [2.05, 4.69) is 19.7 Å². The number of hydrogen-bond acceptors (Lipinski definition) is 8. The van der Waals surface area contributed by atoms with Gasteiger partial charge in [0.15, 0.2) is 0 Å². The molecule has 0 bridgehead atoms. The Kier molecular flexibility index (Phi) is 16.0. The molecule has 0 aliphatic heterocycles. The first kappa shape index (κ1) is 30.7. The topological polar surface area (TPSA) is 101 Å². The highest BCUT2D eigenvalue weighted by Gasteiger charge is 2.41. The second-order valence-electron chi connectivity index (χ2n) is 6.97. The quantitative estimate of drug-likeness (QED) is 0.119. The van der Waals surface area contributed by atoms with Crippen LogP contribution < -0.4 is 0 Å². The third-order valence-corrected chi connectivity index (χ3v) is 7.47. The number of ether oxygens (including phenoxy) is 2. The standard InChI is InChI=1S/C23H39NO8Si/c1-8-15-28-21(25)18-20(23(27)29-16-9-2)24(22(26)19(6)7)14-13-17-33(30-10-3,31-11-4)32-12-5/h8-9,20H,1-2,6,10-18H2,3-5,7H3. The molecule has 0 saturated carbocycles. The molecule has 0 fully saturated rings. The van der Waals surface area contributed by atoms with Crippen molar-refractivity contribution in [1.29, 1.82) is 0 Å². The highest BCUT2D eigenvalue weighted by atomic mass is 28.4. The molecule has 33 heavy (non-hydrogen) atoms. The lowest BCUT2D eigenvalue weighted by atomic mass is 10.1. The van der Waals surface area contributed by atoms with Gasteiger partial charge in [0, 0.05) is 38.0 Å². The van der Waals surface area contributed by atoms with E-state index >= 15 is 0 Å². The molecule has 1 amide bonds. The fourth-order valence-electron chi connectivity index (χ4n) is 3.04. The summed E-state index contributed by atoms with van der Waals surface area (Å²) in [6.45, 7) is 19.2. The number of hydrogen-bond donors (Lipinski definition) is 0. The zero-order valence-electron chi connectivity index (χ0n) is 20.4. The number of nitrogens with zero attached hydrogens (tertiary/aromatic N) is 1. The maximum atomic E-state index is 12.9. The molecular weight excluding hydrogens is 446 g/mol. The van der Waals surface area contributed by atoms with Gasteiger partial charge in [-0.2, -0.15) is 0 Å². The van der Waals surface area contributed by atoms with Crippen molar-refractivity contribution in [3.05, 3.63) is 37.5 Å². The molecule has 0 radical (unpaired) electrons. The minimum absolute atomic E-state index is 0.00706. The molecule has 0 spiro atoms. The summed E-state index contributed by atoms with van der Waals surface area (Å²) < 4.78 is 27.8. The van der Waals surface area contributed by atoms with Crippen LogP contribution in [0.5, 0.6) is 0 Å². The number of carbonyl (C=O) groups excluding carboxylic acids is 3. The first-order valence-electron chi connectivity index (χ1n) is 11.1. The van der Waals surface area contributed by atoms with Crippen molar-refractivity contribution in [2.45, 2.75) is 52.6 Å². The van der Waals surface area contributed by atoms with Crippen molar-refractivity contribution >= 4 is 26.7 Å². The Hall–Kier alpha value is -2.27. The van der Waals surface area contributed by atoms with E-state index in [4.69, 9.17) is 22.8 Å². The van der Waals surface area contributed by atoms with E-state index in [1.54, 1.807) is 0 Å². The molecule has 0 aliphatic carbocycles. The van der Waals surface area contributed by atoms with Gasteiger partial charge in [-0.3, -0.25) is 9.59 Å². The van der Waals surface area contributed by atoms with Gasteiger partial charge in [0.1, 0.15) is 19.3 Å². The predicted octanol–water partition coefficient (Wildman–Crippen LogP) is 3.05. The van der Waals surface area contributed by atoms with Crippen LogP contribution in [-0.4, -0.2) is 77.2 Å². The lowest BCUT2D eigenvalue weighted by molar-refractivity contribution is -0.158. The summed E-state index contributed by atoms with van der Waals surface area (Å²) in [5.74, 6) is -1.86. The Bertz CT molecular complexity index is 650. The van der Waals surface area contributed by atoms with E-state index in [0.717, 1.165) is 0 Å². The van der Waals surface area contributed by atoms with Crippen LogP contribution in [0.3, 0.4) is 0 Å². The number of rotatable bonds is 19. The molecule has 0 saturated heterocycles. The average Bonchev–Trinajstić information content (AvgIpc) is 2.77. The summed E-state index contributed by atoms with van der Waals surface area (Å²) in [4.78, 5) is 39.2. The van der Waals surface area contributed by atoms with Crippen molar-refractivity contribution in [3.8, 4) is 0 Å². The van der Waals surface area contributed by atoms with Gasteiger partial charge in [0.25, 0.3) is 0 Å². The van der Waals surface area contributed by atoms with Crippen LogP contribution in [0.1, 0.15) is 40.5 Å². The smallest absolute Gasteiger partial charge is 0.461 e. The Morgan fingerprint density at radius 2 is 1.45 bits per heavy atom. The van der Waals surface area contributed by atoms with Gasteiger partial charge in [-0.15, -0.1) is 0 Å². The van der Waals surface area contributed by atoms with E-state index in [1.165, 1.54) is 24.0 Å². The number of carbonyl (C=O) groups is 3. The second-order valence-corrected chi connectivity index (χ2v) is 9.71. The summed E-state index contributed by atoms with van der Waals surface area (Å²) in [5, 5.41) is 0. The fraction of sp³-hybridized carbons (Fsp3) is 0.609. The van der Waals surface area contributed by atoms with E-state index in [0.29, 0.717) is 32.3 Å². The third-order valence-electron chi connectivity index (χ3n) is 4.31. The number of amides is 1. The normalized spacial score (nSPS) is 11.9. The monoisotopic (exact) mass is 485 g/mol. The Morgan fingerprint density at radius 3 is 1.91 bits per heavy atom. The first-order chi connectivity index (χ1) is 15.7. The largest absolute Gasteiger partial charge is 0.500 e. The van der Waals surface area contributed by atoms with E-state index in [9.17, 15) is 14.4 Å². The summed E-state index contributed by atoms with van der Waals surface area (Å²) in [7, 11) is -2.95. The molecule has 0 aromatic heterocycles. The average molecular weight is 486 g/mol. The zero-order chi connectivity index (χ0) is 25.3. The van der Waals surface area contributed by atoms with Crippen LogP contribution >= 0.6 is 0 Å². The second kappa shape index (κ2) is 17.2. The first-order valence-corrected chi connectivity index (χ1v) is 13.1. The summed E-state index contributed by atoms with van der Waals surface area (Å²) >= 11 is 0. The van der Waals surface area contributed by atoms with Crippen LogP contribution in [0.2, 0.25) is 6.04 Å². The van der Waals surface area contributed by atoms with E-state index < -0.39 is 32.7 Å². The SMILES string of the molecule is C=CCOC(=O)CC(C(=O)OCC=C)N(CCC[Si](OCC)(OCC)OCC)C(=O)C(=C)C. The third kappa shape index (κ3) is 11.4. The number of esters is 2. The van der Waals surface area contributed by atoms with Crippen LogP contribution in [0.4, 0.5) is 0 Å². The lowest BCUT2D eigenvalue weighted by Gasteiger charge is -2.32. The fourth-order valence-corrected chi connectivity index (χ4v) is 5.63. The molecule has 0 N–H and O–H groups in total. The zero-order valence-corrected chi connectivity index (χ0v) is 21.4. The van der Waals surface area contributed by atoms with Crippen molar-refractivity contribution in [3.63, 3.8) is 0 Å². The van der Waals surface area contributed by atoms with Gasteiger partial charge in [0.2, 0.25) is 5.91 Å². The predicted molar refractivity (Wildman–Crippen MR) is 127 cm³/mol. The Morgan fingerprint density at radius 1 is 0.939 bits per heavy atom. The van der Waals surface area contributed by atoms with Gasteiger partial charge in [-0.05, 0) is 34.1 Å². The summed E-state index contributed by atoms with van der Waals surface area (Å²) in [5.41, 5.74) is 0.221. The van der Waals surface area contributed by atoms with E-state index in [-0.39, 0.29) is 31.8 Å². The van der Waals surface area contributed by atoms with Gasteiger partial charge in [0.05, 0.1) is 6.42 Å². The summed E-state index contributed by atoms with van der Waals surface area (Å²) in [6.07, 6.45) is 2.87. The van der Waals surface area contributed by atoms with E-state index in [1.807, 2.05) is 20.8 Å². The van der Waals surface area contributed by atoms with Gasteiger partial charge in [-0.1, -0.05) is 31.9 Å². The van der Waals surface area contributed by atoms with Gasteiger partial charge in [-0.25, -0.2) is 4.79 Å². The maximum absolute atomic E-state index is 12.9. The molecule has 9 nitrogen and oxygen atoms in total. The Balaban J connectivity index is 5.76. The lowest BCUT2D eigenvalue weighted by Crippen LogP contribution is -2.50. The highest BCUT2D eigenvalue weighted by Crippen LogP contribution is 2.21. The van der Waals surface area contributed by atoms with Crippen LogP contribution in [0.15, 0.2) is 37.5 Å². The molecule has 0 heterocycles. The molecule has 0 aromatic carbocycles. The maximum Gasteiger partial charge on any atom is 0.500 e. The minimum atomic E-state index is -2.95. The van der Waals surface area contributed by atoms with Gasteiger partial charge >= 0.3 is 20.7 Å².